The standard InChI is InChI=1S/C16H22N2O/c1-12-14-8-6-5-7-13(14)9-10-18(12)11-15(19)17-16(2,3)4/h5-8H,9-11H2,1-4H3/p+1. The second-order valence-corrected chi connectivity index (χ2v) is 6.21. The average Bonchev–Trinajstić information content (AvgIpc) is 2.31. The molecule has 2 rings (SSSR count). The largest absolute Gasteiger partial charge is 0.346 e. The minimum Gasteiger partial charge on any atom is -0.346 e. The van der Waals surface area contributed by atoms with Gasteiger partial charge in [0.15, 0.2) is 5.71 Å². The highest BCUT2D eigenvalue weighted by molar-refractivity contribution is 5.97. The van der Waals surface area contributed by atoms with Gasteiger partial charge in [-0.3, -0.25) is 4.79 Å². The van der Waals surface area contributed by atoms with E-state index in [2.05, 4.69) is 41.1 Å². The van der Waals surface area contributed by atoms with E-state index >= 15 is 0 Å². The van der Waals surface area contributed by atoms with Crippen molar-refractivity contribution in [2.75, 3.05) is 13.1 Å². The van der Waals surface area contributed by atoms with Gasteiger partial charge in [-0.15, -0.1) is 0 Å². The number of nitrogens with one attached hydrogen (secondary N) is 1. The number of carbonyl (C=O) groups excluding carboxylic acids is 1. The molecule has 0 unspecified atom stereocenters. The lowest BCUT2D eigenvalue weighted by Gasteiger charge is -2.21. The number of hydrogen-bond donors (Lipinski definition) is 1. The number of rotatable bonds is 2. The van der Waals surface area contributed by atoms with Crippen LogP contribution >= 0.6 is 0 Å². The number of fused-ring (bicyclic) bond motifs is 1. The Balaban J connectivity index is 2.16. The van der Waals surface area contributed by atoms with Crippen molar-refractivity contribution in [2.24, 2.45) is 0 Å². The zero-order valence-electron chi connectivity index (χ0n) is 12.3. The number of hydrogen-bond acceptors (Lipinski definition) is 1. The number of carbonyl (C=O) groups is 1. The van der Waals surface area contributed by atoms with E-state index in [4.69, 9.17) is 0 Å². The first-order chi connectivity index (χ1) is 8.87. The average molecular weight is 259 g/mol. The first-order valence-corrected chi connectivity index (χ1v) is 6.84. The van der Waals surface area contributed by atoms with E-state index in [0.29, 0.717) is 6.54 Å². The van der Waals surface area contributed by atoms with Gasteiger partial charge >= 0.3 is 0 Å². The molecule has 3 heteroatoms. The van der Waals surface area contributed by atoms with Crippen molar-refractivity contribution in [1.82, 2.24) is 5.32 Å². The number of amides is 1. The molecule has 0 radical (unpaired) electrons. The highest BCUT2D eigenvalue weighted by Gasteiger charge is 2.25. The van der Waals surface area contributed by atoms with E-state index in [0.717, 1.165) is 13.0 Å². The van der Waals surface area contributed by atoms with Crippen LogP contribution in [-0.4, -0.2) is 34.8 Å². The lowest BCUT2D eigenvalue weighted by molar-refractivity contribution is -0.517. The van der Waals surface area contributed by atoms with Gasteiger partial charge in [-0.25, -0.2) is 4.58 Å². The Labute approximate surface area is 115 Å². The van der Waals surface area contributed by atoms with Gasteiger partial charge in [-0.1, -0.05) is 18.2 Å². The maximum absolute atomic E-state index is 12.0. The molecule has 19 heavy (non-hydrogen) atoms. The van der Waals surface area contributed by atoms with Gasteiger partial charge in [0, 0.05) is 24.4 Å². The predicted octanol–water partition coefficient (Wildman–Crippen LogP) is 1.98. The predicted molar refractivity (Wildman–Crippen MR) is 77.8 cm³/mol. The topological polar surface area (TPSA) is 32.1 Å². The summed E-state index contributed by atoms with van der Waals surface area (Å²) in [6.07, 6.45) is 1.01. The minimum atomic E-state index is -0.168. The van der Waals surface area contributed by atoms with Crippen molar-refractivity contribution in [2.45, 2.75) is 39.7 Å². The summed E-state index contributed by atoms with van der Waals surface area (Å²) in [6, 6.07) is 8.44. The third-order valence-electron chi connectivity index (χ3n) is 3.38. The fourth-order valence-corrected chi connectivity index (χ4v) is 2.51. The Hall–Kier alpha value is -1.64. The number of benzene rings is 1. The zero-order valence-corrected chi connectivity index (χ0v) is 12.3. The molecule has 0 aromatic heterocycles. The molecule has 0 fully saturated rings. The Kier molecular flexibility index (Phi) is 3.74. The molecule has 1 aromatic carbocycles. The summed E-state index contributed by atoms with van der Waals surface area (Å²) in [5.74, 6) is 0.0891. The molecule has 0 saturated heterocycles. The SMILES string of the molecule is CC1=[N+](CC(=O)NC(C)(C)C)CCc2ccccc21. The van der Waals surface area contributed by atoms with Crippen LogP contribution in [0.5, 0.6) is 0 Å². The van der Waals surface area contributed by atoms with Gasteiger partial charge in [0.25, 0.3) is 5.91 Å². The molecule has 1 amide bonds. The summed E-state index contributed by atoms with van der Waals surface area (Å²) in [4.78, 5) is 12.0. The Bertz CT molecular complexity index is 524. The summed E-state index contributed by atoms with van der Waals surface area (Å²) in [5, 5.41) is 3.02. The highest BCUT2D eigenvalue weighted by Crippen LogP contribution is 2.15. The second kappa shape index (κ2) is 5.16. The van der Waals surface area contributed by atoms with Gasteiger partial charge in [-0.05, 0) is 32.4 Å². The second-order valence-electron chi connectivity index (χ2n) is 6.21. The molecular formula is C16H23N2O+. The quantitative estimate of drug-likeness (QED) is 0.809. The normalized spacial score (nSPS) is 15.2. The van der Waals surface area contributed by atoms with Gasteiger partial charge in [0.05, 0.1) is 0 Å². The summed E-state index contributed by atoms with van der Waals surface area (Å²) in [6.45, 7) is 9.48. The van der Waals surface area contributed by atoms with Crippen molar-refractivity contribution >= 4 is 11.6 Å². The van der Waals surface area contributed by atoms with E-state index in [1.165, 1.54) is 16.8 Å². The molecule has 0 aliphatic carbocycles. The lowest BCUT2D eigenvalue weighted by Crippen LogP contribution is -2.45. The molecule has 0 spiro atoms. The highest BCUT2D eigenvalue weighted by atomic mass is 16.2. The van der Waals surface area contributed by atoms with Crippen molar-refractivity contribution in [3.05, 3.63) is 35.4 Å². The van der Waals surface area contributed by atoms with E-state index in [9.17, 15) is 4.79 Å². The third-order valence-corrected chi connectivity index (χ3v) is 3.38. The Morgan fingerprint density at radius 2 is 2.00 bits per heavy atom. The first kappa shape index (κ1) is 13.8. The summed E-state index contributed by atoms with van der Waals surface area (Å²) in [5.41, 5.74) is 3.69. The van der Waals surface area contributed by atoms with Crippen LogP contribution in [0, 0.1) is 0 Å². The molecule has 1 aliphatic rings. The van der Waals surface area contributed by atoms with Crippen LogP contribution in [0.15, 0.2) is 24.3 Å². The molecule has 1 N–H and O–H groups in total. The Morgan fingerprint density at radius 1 is 1.32 bits per heavy atom. The fraction of sp³-hybridized carbons (Fsp3) is 0.500. The molecule has 0 atom stereocenters. The van der Waals surface area contributed by atoms with Crippen LogP contribution < -0.4 is 5.32 Å². The summed E-state index contributed by atoms with van der Waals surface area (Å²) < 4.78 is 2.17. The molecule has 1 aromatic rings. The molecular weight excluding hydrogens is 236 g/mol. The van der Waals surface area contributed by atoms with Gasteiger partial charge in [0.2, 0.25) is 6.54 Å². The molecule has 3 nitrogen and oxygen atoms in total. The van der Waals surface area contributed by atoms with E-state index in [1.54, 1.807) is 0 Å². The third kappa shape index (κ3) is 3.43. The summed E-state index contributed by atoms with van der Waals surface area (Å²) >= 11 is 0. The maximum atomic E-state index is 12.0. The van der Waals surface area contributed by atoms with Crippen LogP contribution in [-0.2, 0) is 11.2 Å². The molecule has 1 heterocycles. The molecule has 0 saturated carbocycles. The van der Waals surface area contributed by atoms with Crippen LogP contribution in [0.4, 0.5) is 0 Å². The van der Waals surface area contributed by atoms with Gasteiger partial charge < -0.3 is 5.32 Å². The van der Waals surface area contributed by atoms with Crippen LogP contribution in [0.1, 0.15) is 38.8 Å². The van der Waals surface area contributed by atoms with Crippen molar-refractivity contribution < 1.29 is 9.37 Å². The summed E-state index contributed by atoms with van der Waals surface area (Å²) in [7, 11) is 0. The maximum Gasteiger partial charge on any atom is 0.285 e. The molecule has 0 bridgehead atoms. The van der Waals surface area contributed by atoms with E-state index in [-0.39, 0.29) is 11.4 Å². The number of nitrogens with zero attached hydrogens (tertiary/aromatic N) is 1. The lowest BCUT2D eigenvalue weighted by atomic mass is 9.97. The zero-order chi connectivity index (χ0) is 14.0. The van der Waals surface area contributed by atoms with E-state index in [1.807, 2.05) is 20.8 Å². The smallest absolute Gasteiger partial charge is 0.285 e. The van der Waals surface area contributed by atoms with Crippen LogP contribution in [0.25, 0.3) is 0 Å². The fourth-order valence-electron chi connectivity index (χ4n) is 2.51. The van der Waals surface area contributed by atoms with Crippen molar-refractivity contribution in [3.8, 4) is 0 Å². The van der Waals surface area contributed by atoms with E-state index < -0.39 is 0 Å². The molecule has 1 aliphatic heterocycles. The Morgan fingerprint density at radius 3 is 2.68 bits per heavy atom. The minimum absolute atomic E-state index is 0.0891. The molecule has 102 valence electrons. The van der Waals surface area contributed by atoms with Gasteiger partial charge in [0.1, 0.15) is 6.54 Å². The van der Waals surface area contributed by atoms with Crippen LogP contribution in [0.2, 0.25) is 0 Å². The van der Waals surface area contributed by atoms with Gasteiger partial charge in [-0.2, -0.15) is 0 Å². The van der Waals surface area contributed by atoms with Crippen LogP contribution in [0.3, 0.4) is 0 Å². The van der Waals surface area contributed by atoms with Crippen molar-refractivity contribution in [1.29, 1.82) is 0 Å². The van der Waals surface area contributed by atoms with Crippen molar-refractivity contribution in [3.63, 3.8) is 0 Å². The first-order valence-electron chi connectivity index (χ1n) is 6.84. The monoisotopic (exact) mass is 259 g/mol.